The molecular formula is C24H19BrClN3O2S. The minimum Gasteiger partial charge on any atom is -0.480 e. The summed E-state index contributed by atoms with van der Waals surface area (Å²) in [4.78, 5) is 21.0. The summed E-state index contributed by atoms with van der Waals surface area (Å²) in [6.07, 6.45) is 0. The van der Waals surface area contributed by atoms with Crippen LogP contribution in [0.25, 0.3) is 10.8 Å². The molecule has 0 fully saturated rings. The standard InChI is InChI=1S/C24H19BrClN3O2S/c1-13-14(2)19(11-10-18(13)25)27-21-12-20(26)28-24(29-21)32-22(23(30)31)17-9-5-7-15-6-3-4-8-16(15)17/h3-12,22H,1-2H3,(H,30,31)(H,27,28,29). The number of carboxylic acids is 1. The van der Waals surface area contributed by atoms with Gasteiger partial charge in [0.2, 0.25) is 0 Å². The molecule has 5 nitrogen and oxygen atoms in total. The van der Waals surface area contributed by atoms with Crippen LogP contribution in [0.1, 0.15) is 21.9 Å². The van der Waals surface area contributed by atoms with Gasteiger partial charge in [-0.3, -0.25) is 4.79 Å². The van der Waals surface area contributed by atoms with Crippen LogP contribution < -0.4 is 5.32 Å². The predicted molar refractivity (Wildman–Crippen MR) is 134 cm³/mol. The Morgan fingerprint density at radius 3 is 2.59 bits per heavy atom. The Bertz CT molecular complexity index is 1330. The van der Waals surface area contributed by atoms with Crippen LogP contribution in [0.4, 0.5) is 11.5 Å². The lowest BCUT2D eigenvalue weighted by molar-refractivity contribution is -0.136. The van der Waals surface area contributed by atoms with E-state index in [9.17, 15) is 9.90 Å². The molecule has 4 rings (SSSR count). The lowest BCUT2D eigenvalue weighted by Gasteiger charge is -2.16. The highest BCUT2D eigenvalue weighted by Gasteiger charge is 2.25. The Labute approximate surface area is 203 Å². The molecule has 8 heteroatoms. The molecule has 0 bridgehead atoms. The van der Waals surface area contributed by atoms with E-state index >= 15 is 0 Å². The summed E-state index contributed by atoms with van der Waals surface area (Å²) in [7, 11) is 0. The number of aliphatic carboxylic acids is 1. The van der Waals surface area contributed by atoms with Crippen molar-refractivity contribution in [2.75, 3.05) is 5.32 Å². The smallest absolute Gasteiger partial charge is 0.321 e. The third-order valence-electron chi connectivity index (χ3n) is 5.21. The Kier molecular flexibility index (Phi) is 6.69. The lowest BCUT2D eigenvalue weighted by Crippen LogP contribution is -2.10. The largest absolute Gasteiger partial charge is 0.480 e. The molecule has 0 radical (unpaired) electrons. The number of nitrogens with zero attached hydrogens (tertiary/aromatic N) is 2. The predicted octanol–water partition coefficient (Wildman–Crippen LogP) is 7.32. The summed E-state index contributed by atoms with van der Waals surface area (Å²) in [5.74, 6) is -0.469. The van der Waals surface area contributed by atoms with Gasteiger partial charge in [-0.25, -0.2) is 9.97 Å². The molecule has 1 atom stereocenters. The fraction of sp³-hybridized carbons (Fsp3) is 0.125. The van der Waals surface area contributed by atoms with Gasteiger partial charge in [0.25, 0.3) is 0 Å². The number of nitrogens with one attached hydrogen (secondary N) is 1. The number of carboxylic acid groups (broad SMARTS) is 1. The highest BCUT2D eigenvalue weighted by molar-refractivity contribution is 9.10. The average molecular weight is 529 g/mol. The van der Waals surface area contributed by atoms with Gasteiger partial charge in [-0.15, -0.1) is 0 Å². The Hall–Kier alpha value is -2.61. The zero-order valence-electron chi connectivity index (χ0n) is 17.3. The van der Waals surface area contributed by atoms with Crippen molar-refractivity contribution in [2.24, 2.45) is 0 Å². The summed E-state index contributed by atoms with van der Waals surface area (Å²) in [5, 5.41) is 14.8. The Morgan fingerprint density at radius 1 is 1.06 bits per heavy atom. The molecule has 0 aliphatic rings. The maximum atomic E-state index is 12.2. The van der Waals surface area contributed by atoms with Gasteiger partial charge >= 0.3 is 5.97 Å². The van der Waals surface area contributed by atoms with Crippen molar-refractivity contribution < 1.29 is 9.90 Å². The van der Waals surface area contributed by atoms with E-state index in [2.05, 4.69) is 31.2 Å². The molecule has 0 amide bonds. The number of hydrogen-bond donors (Lipinski definition) is 2. The molecule has 1 unspecified atom stereocenters. The van der Waals surface area contributed by atoms with Crippen molar-refractivity contribution in [2.45, 2.75) is 24.3 Å². The normalized spacial score (nSPS) is 12.0. The lowest BCUT2D eigenvalue weighted by atomic mass is 10.0. The maximum absolute atomic E-state index is 12.2. The highest BCUT2D eigenvalue weighted by Crippen LogP contribution is 2.38. The molecular weight excluding hydrogens is 510 g/mol. The Morgan fingerprint density at radius 2 is 1.81 bits per heavy atom. The van der Waals surface area contributed by atoms with E-state index in [1.54, 1.807) is 6.07 Å². The number of benzene rings is 3. The maximum Gasteiger partial charge on any atom is 0.321 e. The van der Waals surface area contributed by atoms with Crippen molar-refractivity contribution >= 4 is 67.5 Å². The van der Waals surface area contributed by atoms with Gasteiger partial charge in [0, 0.05) is 16.2 Å². The number of rotatable bonds is 6. The quantitative estimate of drug-likeness (QED) is 0.155. The van der Waals surface area contributed by atoms with Crippen molar-refractivity contribution in [1.82, 2.24) is 9.97 Å². The second-order valence-electron chi connectivity index (χ2n) is 7.23. The molecule has 162 valence electrons. The van der Waals surface area contributed by atoms with Gasteiger partial charge in [-0.2, -0.15) is 0 Å². The SMILES string of the molecule is Cc1c(Br)ccc(Nc2cc(Cl)nc(SC(C(=O)O)c3cccc4ccccc34)n2)c1C. The number of halogens is 2. The molecule has 3 aromatic carbocycles. The van der Waals surface area contributed by atoms with Crippen LogP contribution in [-0.2, 0) is 4.79 Å². The summed E-state index contributed by atoms with van der Waals surface area (Å²) in [5.41, 5.74) is 3.77. The zero-order valence-corrected chi connectivity index (χ0v) is 20.4. The first-order valence-electron chi connectivity index (χ1n) is 9.78. The van der Waals surface area contributed by atoms with Gasteiger partial charge < -0.3 is 10.4 Å². The molecule has 0 aliphatic carbocycles. The molecule has 4 aromatic rings. The van der Waals surface area contributed by atoms with Crippen LogP contribution in [-0.4, -0.2) is 21.0 Å². The molecule has 0 spiro atoms. The van der Waals surface area contributed by atoms with Crippen LogP contribution in [0.2, 0.25) is 5.15 Å². The van der Waals surface area contributed by atoms with Crippen molar-refractivity contribution in [1.29, 1.82) is 0 Å². The van der Waals surface area contributed by atoms with Gasteiger partial charge in [0.1, 0.15) is 16.2 Å². The van der Waals surface area contributed by atoms with E-state index in [1.165, 1.54) is 0 Å². The van der Waals surface area contributed by atoms with E-state index in [0.717, 1.165) is 43.8 Å². The first kappa shape index (κ1) is 22.6. The second-order valence-corrected chi connectivity index (χ2v) is 9.55. The second kappa shape index (κ2) is 9.48. The third-order valence-corrected chi connectivity index (χ3v) is 7.35. The highest BCUT2D eigenvalue weighted by atomic mass is 79.9. The van der Waals surface area contributed by atoms with E-state index in [-0.39, 0.29) is 10.3 Å². The first-order valence-corrected chi connectivity index (χ1v) is 11.8. The summed E-state index contributed by atoms with van der Waals surface area (Å²) in [6, 6.07) is 18.9. The molecule has 32 heavy (non-hydrogen) atoms. The van der Waals surface area contributed by atoms with E-state index in [0.29, 0.717) is 11.4 Å². The summed E-state index contributed by atoms with van der Waals surface area (Å²) < 4.78 is 1.02. The zero-order chi connectivity index (χ0) is 22.8. The van der Waals surface area contributed by atoms with Gasteiger partial charge in [0.15, 0.2) is 5.16 Å². The Balaban J connectivity index is 1.68. The van der Waals surface area contributed by atoms with Crippen molar-refractivity contribution in [3.05, 3.63) is 87.0 Å². The fourth-order valence-electron chi connectivity index (χ4n) is 3.41. The third kappa shape index (κ3) is 4.75. The number of aromatic nitrogens is 2. The van der Waals surface area contributed by atoms with Gasteiger partial charge in [0.05, 0.1) is 0 Å². The number of hydrogen-bond acceptors (Lipinski definition) is 5. The monoisotopic (exact) mass is 527 g/mol. The first-order chi connectivity index (χ1) is 15.3. The molecule has 1 heterocycles. The van der Waals surface area contributed by atoms with Gasteiger partial charge in [-0.05, 0) is 53.4 Å². The van der Waals surface area contributed by atoms with Crippen LogP contribution in [0.3, 0.4) is 0 Å². The van der Waals surface area contributed by atoms with Gasteiger partial charge in [-0.1, -0.05) is 81.8 Å². The van der Waals surface area contributed by atoms with E-state index in [1.807, 2.05) is 68.4 Å². The number of thioether (sulfide) groups is 1. The number of fused-ring (bicyclic) bond motifs is 1. The van der Waals surface area contributed by atoms with E-state index < -0.39 is 11.2 Å². The molecule has 1 aromatic heterocycles. The van der Waals surface area contributed by atoms with Crippen LogP contribution in [0.5, 0.6) is 0 Å². The van der Waals surface area contributed by atoms with Crippen molar-refractivity contribution in [3.8, 4) is 0 Å². The summed E-state index contributed by atoms with van der Waals surface area (Å²) in [6.45, 7) is 4.04. The van der Waals surface area contributed by atoms with E-state index in [4.69, 9.17) is 11.6 Å². The fourth-order valence-corrected chi connectivity index (χ4v) is 5.02. The average Bonchev–Trinajstić information content (AvgIpc) is 2.77. The molecule has 0 saturated carbocycles. The molecule has 0 saturated heterocycles. The van der Waals surface area contributed by atoms with Crippen molar-refractivity contribution in [3.63, 3.8) is 0 Å². The van der Waals surface area contributed by atoms with Crippen LogP contribution in [0, 0.1) is 13.8 Å². The topological polar surface area (TPSA) is 75.1 Å². The minimum absolute atomic E-state index is 0.235. The number of anilines is 2. The minimum atomic E-state index is -0.969. The summed E-state index contributed by atoms with van der Waals surface area (Å²) >= 11 is 10.9. The number of carbonyl (C=O) groups is 1. The van der Waals surface area contributed by atoms with Crippen LogP contribution in [0.15, 0.2) is 70.3 Å². The molecule has 2 N–H and O–H groups in total. The molecule has 0 aliphatic heterocycles. The van der Waals surface area contributed by atoms with Crippen LogP contribution >= 0.6 is 39.3 Å².